The highest BCUT2D eigenvalue weighted by Crippen LogP contribution is 2.31. The molecule has 0 aliphatic heterocycles. The Labute approximate surface area is 107 Å². The summed E-state index contributed by atoms with van der Waals surface area (Å²) in [6.07, 6.45) is 0. The van der Waals surface area contributed by atoms with Crippen LogP contribution in [0.3, 0.4) is 0 Å². The average Bonchev–Trinajstić information content (AvgIpc) is 2.27. The molecule has 0 saturated carbocycles. The molecule has 0 heterocycles. The standard InChI is InChI=1S/C13H11BrFNO/c1-8-2-4-10(7-12(8)15)17-13-5-3-9(16)6-11(13)14/h2-7H,16H2,1H3. The summed E-state index contributed by atoms with van der Waals surface area (Å²) in [6, 6.07) is 9.96. The molecule has 0 spiro atoms. The van der Waals surface area contributed by atoms with Gasteiger partial charge in [0.05, 0.1) is 4.47 Å². The molecule has 0 aliphatic rings. The number of ether oxygens (including phenoxy) is 1. The molecule has 2 N–H and O–H groups in total. The van der Waals surface area contributed by atoms with Gasteiger partial charge in [0.1, 0.15) is 17.3 Å². The molecule has 0 bridgehead atoms. The van der Waals surface area contributed by atoms with Crippen molar-refractivity contribution in [3.63, 3.8) is 0 Å². The van der Waals surface area contributed by atoms with E-state index in [9.17, 15) is 4.39 Å². The summed E-state index contributed by atoms with van der Waals surface area (Å²) < 4.78 is 19.6. The summed E-state index contributed by atoms with van der Waals surface area (Å²) in [5.74, 6) is 0.773. The van der Waals surface area contributed by atoms with E-state index in [0.717, 1.165) is 4.47 Å². The van der Waals surface area contributed by atoms with Gasteiger partial charge in [0.15, 0.2) is 0 Å². The highest BCUT2D eigenvalue weighted by atomic mass is 79.9. The zero-order valence-corrected chi connectivity index (χ0v) is 10.8. The van der Waals surface area contributed by atoms with E-state index in [2.05, 4.69) is 15.9 Å². The average molecular weight is 296 g/mol. The molecule has 4 heteroatoms. The Kier molecular flexibility index (Phi) is 3.33. The molecule has 2 nitrogen and oxygen atoms in total. The Morgan fingerprint density at radius 1 is 1.18 bits per heavy atom. The van der Waals surface area contributed by atoms with E-state index < -0.39 is 0 Å². The summed E-state index contributed by atoms with van der Waals surface area (Å²) in [5, 5.41) is 0. The lowest BCUT2D eigenvalue weighted by atomic mass is 10.2. The Morgan fingerprint density at radius 2 is 1.94 bits per heavy atom. The number of aryl methyl sites for hydroxylation is 1. The first-order valence-electron chi connectivity index (χ1n) is 5.05. The van der Waals surface area contributed by atoms with Crippen molar-refractivity contribution < 1.29 is 9.13 Å². The molecule has 2 aromatic carbocycles. The first-order chi connectivity index (χ1) is 8.06. The molecule has 0 saturated heterocycles. The fraction of sp³-hybridized carbons (Fsp3) is 0.0769. The number of rotatable bonds is 2. The predicted octanol–water partition coefficient (Wildman–Crippen LogP) is 4.27. The zero-order chi connectivity index (χ0) is 12.4. The number of benzene rings is 2. The third-order valence-corrected chi connectivity index (χ3v) is 2.95. The van der Waals surface area contributed by atoms with Crippen molar-refractivity contribution in [2.24, 2.45) is 0 Å². The lowest BCUT2D eigenvalue weighted by Crippen LogP contribution is -1.90. The van der Waals surface area contributed by atoms with E-state index >= 15 is 0 Å². The van der Waals surface area contributed by atoms with Gasteiger partial charge in [-0.3, -0.25) is 0 Å². The SMILES string of the molecule is Cc1ccc(Oc2ccc(N)cc2Br)cc1F. The maximum absolute atomic E-state index is 13.3. The normalized spacial score (nSPS) is 10.3. The number of nitrogen functional groups attached to an aromatic ring is 1. The Bertz CT molecular complexity index is 557. The molecule has 0 unspecified atom stereocenters. The summed E-state index contributed by atoms with van der Waals surface area (Å²) in [5.41, 5.74) is 6.85. The van der Waals surface area contributed by atoms with Crippen molar-refractivity contribution in [1.82, 2.24) is 0 Å². The van der Waals surface area contributed by atoms with Crippen LogP contribution in [0.4, 0.5) is 10.1 Å². The maximum Gasteiger partial charge on any atom is 0.141 e. The van der Waals surface area contributed by atoms with Crippen LogP contribution in [0.15, 0.2) is 40.9 Å². The van der Waals surface area contributed by atoms with Gasteiger partial charge in [0.2, 0.25) is 0 Å². The zero-order valence-electron chi connectivity index (χ0n) is 9.21. The molecule has 88 valence electrons. The quantitative estimate of drug-likeness (QED) is 0.840. The number of halogens is 2. The van der Waals surface area contributed by atoms with Crippen LogP contribution in [0.5, 0.6) is 11.5 Å². The van der Waals surface area contributed by atoms with Gasteiger partial charge in [-0.15, -0.1) is 0 Å². The third-order valence-electron chi connectivity index (χ3n) is 2.33. The topological polar surface area (TPSA) is 35.2 Å². The molecule has 0 aliphatic carbocycles. The Hall–Kier alpha value is -1.55. The van der Waals surface area contributed by atoms with E-state index in [0.29, 0.717) is 22.7 Å². The second-order valence-corrected chi connectivity index (χ2v) is 4.56. The van der Waals surface area contributed by atoms with Gasteiger partial charge in [-0.05, 0) is 52.7 Å². The van der Waals surface area contributed by atoms with Crippen molar-refractivity contribution in [1.29, 1.82) is 0 Å². The second kappa shape index (κ2) is 4.75. The van der Waals surface area contributed by atoms with E-state index in [-0.39, 0.29) is 5.82 Å². The molecular formula is C13H11BrFNO. The van der Waals surface area contributed by atoms with Gasteiger partial charge in [-0.25, -0.2) is 4.39 Å². The summed E-state index contributed by atoms with van der Waals surface area (Å²) >= 11 is 3.34. The summed E-state index contributed by atoms with van der Waals surface area (Å²) in [6.45, 7) is 1.71. The van der Waals surface area contributed by atoms with Gasteiger partial charge < -0.3 is 10.5 Å². The van der Waals surface area contributed by atoms with Crippen LogP contribution in [0.25, 0.3) is 0 Å². The van der Waals surface area contributed by atoms with Gasteiger partial charge in [0, 0.05) is 11.8 Å². The first-order valence-corrected chi connectivity index (χ1v) is 5.84. The Balaban J connectivity index is 2.28. The molecule has 2 aromatic rings. The van der Waals surface area contributed by atoms with Crippen LogP contribution < -0.4 is 10.5 Å². The van der Waals surface area contributed by atoms with Crippen LogP contribution in [0.1, 0.15) is 5.56 Å². The van der Waals surface area contributed by atoms with E-state index in [1.54, 1.807) is 37.3 Å². The summed E-state index contributed by atoms with van der Waals surface area (Å²) in [7, 11) is 0. The van der Waals surface area contributed by atoms with Crippen LogP contribution in [0.2, 0.25) is 0 Å². The van der Waals surface area contributed by atoms with E-state index in [1.807, 2.05) is 0 Å². The molecule has 2 rings (SSSR count). The predicted molar refractivity (Wildman–Crippen MR) is 69.8 cm³/mol. The number of nitrogens with two attached hydrogens (primary N) is 1. The van der Waals surface area contributed by atoms with Gasteiger partial charge >= 0.3 is 0 Å². The molecule has 0 radical (unpaired) electrons. The molecule has 0 fully saturated rings. The molecule has 0 atom stereocenters. The van der Waals surface area contributed by atoms with Crippen molar-refractivity contribution in [2.75, 3.05) is 5.73 Å². The lowest BCUT2D eigenvalue weighted by molar-refractivity contribution is 0.473. The number of hydrogen-bond donors (Lipinski definition) is 1. The van der Waals surface area contributed by atoms with Crippen molar-refractivity contribution in [3.8, 4) is 11.5 Å². The monoisotopic (exact) mass is 295 g/mol. The van der Waals surface area contributed by atoms with Crippen LogP contribution in [-0.2, 0) is 0 Å². The summed E-state index contributed by atoms with van der Waals surface area (Å²) in [4.78, 5) is 0. The van der Waals surface area contributed by atoms with Crippen LogP contribution in [-0.4, -0.2) is 0 Å². The third kappa shape index (κ3) is 2.77. The molecular weight excluding hydrogens is 285 g/mol. The van der Waals surface area contributed by atoms with Crippen LogP contribution in [0, 0.1) is 12.7 Å². The van der Waals surface area contributed by atoms with Gasteiger partial charge in [-0.2, -0.15) is 0 Å². The Morgan fingerprint density at radius 3 is 2.59 bits per heavy atom. The molecule has 17 heavy (non-hydrogen) atoms. The van der Waals surface area contributed by atoms with Gasteiger partial charge in [0.25, 0.3) is 0 Å². The van der Waals surface area contributed by atoms with Crippen molar-refractivity contribution in [3.05, 3.63) is 52.3 Å². The van der Waals surface area contributed by atoms with Crippen molar-refractivity contribution in [2.45, 2.75) is 6.92 Å². The minimum Gasteiger partial charge on any atom is -0.456 e. The molecule has 0 aromatic heterocycles. The van der Waals surface area contributed by atoms with Crippen molar-refractivity contribution >= 4 is 21.6 Å². The second-order valence-electron chi connectivity index (χ2n) is 3.70. The van der Waals surface area contributed by atoms with E-state index in [1.165, 1.54) is 6.07 Å². The van der Waals surface area contributed by atoms with E-state index in [4.69, 9.17) is 10.5 Å². The number of anilines is 1. The molecule has 0 amide bonds. The highest BCUT2D eigenvalue weighted by molar-refractivity contribution is 9.10. The highest BCUT2D eigenvalue weighted by Gasteiger charge is 2.05. The smallest absolute Gasteiger partial charge is 0.141 e. The minimum absolute atomic E-state index is 0.283. The van der Waals surface area contributed by atoms with Crippen LogP contribution >= 0.6 is 15.9 Å². The van der Waals surface area contributed by atoms with Gasteiger partial charge in [-0.1, -0.05) is 6.07 Å². The first kappa shape index (κ1) is 11.9. The largest absolute Gasteiger partial charge is 0.456 e. The fourth-order valence-electron chi connectivity index (χ4n) is 1.36. The number of hydrogen-bond acceptors (Lipinski definition) is 2. The fourth-order valence-corrected chi connectivity index (χ4v) is 1.84. The maximum atomic E-state index is 13.3. The minimum atomic E-state index is -0.283. The lowest BCUT2D eigenvalue weighted by Gasteiger charge is -2.09.